The van der Waals surface area contributed by atoms with E-state index in [1.807, 2.05) is 37.3 Å². The maximum atomic E-state index is 11.8. The minimum absolute atomic E-state index is 0.0741. The van der Waals surface area contributed by atoms with Crippen molar-refractivity contribution in [3.8, 4) is 5.75 Å². The Labute approximate surface area is 159 Å². The van der Waals surface area contributed by atoms with E-state index in [0.717, 1.165) is 29.0 Å². The van der Waals surface area contributed by atoms with Gasteiger partial charge in [-0.15, -0.1) is 0 Å². The Kier molecular flexibility index (Phi) is 6.97. The molecule has 2 aromatic carbocycles. The van der Waals surface area contributed by atoms with Gasteiger partial charge in [-0.25, -0.2) is 4.79 Å². The molecule has 138 valence electrons. The molecule has 0 saturated carbocycles. The second-order valence-corrected chi connectivity index (χ2v) is 6.21. The summed E-state index contributed by atoms with van der Waals surface area (Å²) in [5, 5.41) is 6.99. The van der Waals surface area contributed by atoms with Crippen LogP contribution in [-0.4, -0.2) is 25.3 Å². The molecule has 0 unspecified atom stereocenters. The van der Waals surface area contributed by atoms with Crippen molar-refractivity contribution in [2.75, 3.05) is 19.5 Å². The summed E-state index contributed by atoms with van der Waals surface area (Å²) in [6, 6.07) is 13.4. The molecular formula is C20H24N2O3S. The molecule has 0 spiro atoms. The van der Waals surface area contributed by atoms with E-state index >= 15 is 0 Å². The third-order valence-corrected chi connectivity index (χ3v) is 4.44. The number of rotatable bonds is 6. The van der Waals surface area contributed by atoms with Crippen molar-refractivity contribution >= 4 is 29.0 Å². The summed E-state index contributed by atoms with van der Waals surface area (Å²) in [5.41, 5.74) is 3.20. The summed E-state index contributed by atoms with van der Waals surface area (Å²) >= 11 is 5.46. The fraction of sp³-hybridized carbons (Fsp3) is 0.300. The van der Waals surface area contributed by atoms with Crippen LogP contribution in [0.1, 0.15) is 40.9 Å². The predicted molar refractivity (Wildman–Crippen MR) is 108 cm³/mol. The number of nitrogens with one attached hydrogen (secondary N) is 2. The Morgan fingerprint density at radius 1 is 1.15 bits per heavy atom. The van der Waals surface area contributed by atoms with Crippen LogP contribution in [0.5, 0.6) is 5.75 Å². The highest BCUT2D eigenvalue weighted by atomic mass is 32.1. The SMILES string of the molecule is CC[C@H](NC(=S)Nc1cccc(C(=O)OC)c1C)c1ccc(OC)cc1. The van der Waals surface area contributed by atoms with E-state index in [-0.39, 0.29) is 12.0 Å². The molecule has 26 heavy (non-hydrogen) atoms. The summed E-state index contributed by atoms with van der Waals surface area (Å²) in [6.45, 7) is 3.95. The zero-order valence-electron chi connectivity index (χ0n) is 15.5. The van der Waals surface area contributed by atoms with E-state index < -0.39 is 0 Å². The van der Waals surface area contributed by atoms with E-state index in [9.17, 15) is 4.79 Å². The van der Waals surface area contributed by atoms with Gasteiger partial charge in [-0.1, -0.05) is 25.1 Å². The minimum atomic E-state index is -0.366. The normalized spacial score (nSPS) is 11.4. The fourth-order valence-corrected chi connectivity index (χ4v) is 2.93. The van der Waals surface area contributed by atoms with Crippen LogP contribution in [0.3, 0.4) is 0 Å². The van der Waals surface area contributed by atoms with Crippen molar-refractivity contribution in [1.82, 2.24) is 5.32 Å². The lowest BCUT2D eigenvalue weighted by Crippen LogP contribution is -2.32. The first-order chi connectivity index (χ1) is 12.5. The molecule has 0 aromatic heterocycles. The molecule has 0 heterocycles. The number of carbonyl (C=O) groups excluding carboxylic acids is 1. The minimum Gasteiger partial charge on any atom is -0.497 e. The number of carbonyl (C=O) groups is 1. The number of benzene rings is 2. The van der Waals surface area contributed by atoms with Gasteiger partial charge in [0.25, 0.3) is 0 Å². The van der Waals surface area contributed by atoms with Crippen molar-refractivity contribution in [2.24, 2.45) is 0 Å². The average Bonchev–Trinajstić information content (AvgIpc) is 2.67. The van der Waals surface area contributed by atoms with Crippen LogP contribution in [0, 0.1) is 6.92 Å². The molecule has 0 aliphatic carbocycles. The molecule has 0 aliphatic heterocycles. The molecule has 0 amide bonds. The maximum Gasteiger partial charge on any atom is 0.338 e. The van der Waals surface area contributed by atoms with Gasteiger partial charge in [-0.2, -0.15) is 0 Å². The molecule has 6 heteroatoms. The summed E-state index contributed by atoms with van der Waals surface area (Å²) in [4.78, 5) is 11.8. The third-order valence-electron chi connectivity index (χ3n) is 4.22. The van der Waals surface area contributed by atoms with Gasteiger partial charge >= 0.3 is 5.97 Å². The number of thiocarbonyl (C=S) groups is 1. The number of anilines is 1. The van der Waals surface area contributed by atoms with Crippen molar-refractivity contribution in [3.63, 3.8) is 0 Å². The lowest BCUT2D eigenvalue weighted by molar-refractivity contribution is 0.0600. The molecule has 2 rings (SSSR count). The summed E-state index contributed by atoms with van der Waals surface area (Å²) in [5.74, 6) is 0.453. The van der Waals surface area contributed by atoms with E-state index in [1.54, 1.807) is 19.2 Å². The third kappa shape index (κ3) is 4.73. The first-order valence-corrected chi connectivity index (χ1v) is 8.80. The van der Waals surface area contributed by atoms with Gasteiger partial charge in [0.05, 0.1) is 25.8 Å². The first kappa shape index (κ1) is 19.7. The quantitative estimate of drug-likeness (QED) is 0.585. The molecule has 0 fully saturated rings. The largest absolute Gasteiger partial charge is 0.497 e. The molecule has 0 bridgehead atoms. The van der Waals surface area contributed by atoms with Crippen LogP contribution < -0.4 is 15.4 Å². The van der Waals surface area contributed by atoms with Gasteiger partial charge in [-0.3, -0.25) is 0 Å². The second kappa shape index (κ2) is 9.20. The summed E-state index contributed by atoms with van der Waals surface area (Å²) in [6.07, 6.45) is 0.870. The zero-order chi connectivity index (χ0) is 19.1. The van der Waals surface area contributed by atoms with Gasteiger partial charge in [0.1, 0.15) is 5.75 Å². The van der Waals surface area contributed by atoms with Gasteiger partial charge in [0.15, 0.2) is 5.11 Å². The van der Waals surface area contributed by atoms with Gasteiger partial charge in [0.2, 0.25) is 0 Å². The zero-order valence-corrected chi connectivity index (χ0v) is 16.3. The van der Waals surface area contributed by atoms with Crippen LogP contribution >= 0.6 is 12.2 Å². The summed E-state index contributed by atoms with van der Waals surface area (Å²) < 4.78 is 10.0. The molecule has 5 nitrogen and oxygen atoms in total. The molecule has 0 radical (unpaired) electrons. The van der Waals surface area contributed by atoms with Crippen LogP contribution in [0.25, 0.3) is 0 Å². The highest BCUT2D eigenvalue weighted by molar-refractivity contribution is 7.80. The second-order valence-electron chi connectivity index (χ2n) is 5.80. The number of methoxy groups -OCH3 is 2. The Morgan fingerprint density at radius 2 is 1.85 bits per heavy atom. The van der Waals surface area contributed by atoms with E-state index in [1.165, 1.54) is 7.11 Å². The van der Waals surface area contributed by atoms with Gasteiger partial charge in [0, 0.05) is 5.69 Å². The number of ether oxygens (including phenoxy) is 2. The molecule has 2 N–H and O–H groups in total. The van der Waals surface area contributed by atoms with Crippen molar-refractivity contribution in [3.05, 3.63) is 59.2 Å². The monoisotopic (exact) mass is 372 g/mol. The Morgan fingerprint density at radius 3 is 2.42 bits per heavy atom. The fourth-order valence-electron chi connectivity index (χ4n) is 2.68. The van der Waals surface area contributed by atoms with Crippen molar-refractivity contribution < 1.29 is 14.3 Å². The number of hydrogen-bond acceptors (Lipinski definition) is 4. The predicted octanol–water partition coefficient (Wildman–Crippen LogP) is 4.23. The van der Waals surface area contributed by atoms with E-state index in [4.69, 9.17) is 21.7 Å². The summed E-state index contributed by atoms with van der Waals surface area (Å²) in [7, 11) is 3.02. The first-order valence-electron chi connectivity index (χ1n) is 8.39. The van der Waals surface area contributed by atoms with Crippen LogP contribution in [0.15, 0.2) is 42.5 Å². The lowest BCUT2D eigenvalue weighted by Gasteiger charge is -2.21. The molecule has 2 aromatic rings. The Balaban J connectivity index is 2.10. The van der Waals surface area contributed by atoms with E-state index in [2.05, 4.69) is 17.6 Å². The topological polar surface area (TPSA) is 59.6 Å². The van der Waals surface area contributed by atoms with Crippen LogP contribution in [0.4, 0.5) is 5.69 Å². The smallest absolute Gasteiger partial charge is 0.338 e. The lowest BCUT2D eigenvalue weighted by atomic mass is 10.0. The number of hydrogen-bond donors (Lipinski definition) is 2. The number of esters is 1. The molecule has 0 saturated heterocycles. The molecule has 0 aliphatic rings. The Hall–Kier alpha value is -2.60. The average molecular weight is 372 g/mol. The van der Waals surface area contributed by atoms with Crippen molar-refractivity contribution in [1.29, 1.82) is 0 Å². The van der Waals surface area contributed by atoms with E-state index in [0.29, 0.717) is 10.7 Å². The van der Waals surface area contributed by atoms with Crippen LogP contribution in [0.2, 0.25) is 0 Å². The Bertz CT molecular complexity index is 775. The van der Waals surface area contributed by atoms with Crippen molar-refractivity contribution in [2.45, 2.75) is 26.3 Å². The van der Waals surface area contributed by atoms with Gasteiger partial charge < -0.3 is 20.1 Å². The standard InChI is InChI=1S/C20H24N2O3S/c1-5-17(14-9-11-15(24-3)12-10-14)21-20(26)22-18-8-6-7-16(13(18)2)19(23)25-4/h6-12,17H,5H2,1-4H3,(H2,21,22,26)/t17-/m0/s1. The highest BCUT2D eigenvalue weighted by Crippen LogP contribution is 2.22. The molecular weight excluding hydrogens is 348 g/mol. The van der Waals surface area contributed by atoms with Crippen LogP contribution in [-0.2, 0) is 4.74 Å². The van der Waals surface area contributed by atoms with Gasteiger partial charge in [-0.05, 0) is 61.0 Å². The maximum absolute atomic E-state index is 11.8. The highest BCUT2D eigenvalue weighted by Gasteiger charge is 2.14. The molecule has 1 atom stereocenters.